The summed E-state index contributed by atoms with van der Waals surface area (Å²) in [6.45, 7) is 9.98. The van der Waals surface area contributed by atoms with Gasteiger partial charge in [0.15, 0.2) is 4.60 Å². The molecule has 1 N–H and O–H groups in total. The van der Waals surface area contributed by atoms with Crippen LogP contribution in [0, 0.1) is 11.8 Å². The van der Waals surface area contributed by atoms with Crippen LogP contribution >= 0.6 is 15.9 Å². The highest BCUT2D eigenvalue weighted by atomic mass is 79.9. The summed E-state index contributed by atoms with van der Waals surface area (Å²) >= 11 is 3.49. The molecule has 0 saturated carbocycles. The molecule has 0 amide bonds. The zero-order valence-electron chi connectivity index (χ0n) is 11.4. The van der Waals surface area contributed by atoms with Crippen LogP contribution in [0.3, 0.4) is 0 Å². The Labute approximate surface area is 112 Å². The van der Waals surface area contributed by atoms with E-state index >= 15 is 0 Å². The van der Waals surface area contributed by atoms with Gasteiger partial charge in [0.25, 0.3) is 0 Å². The van der Waals surface area contributed by atoms with Gasteiger partial charge < -0.3 is 5.32 Å². The Bertz CT molecular complexity index is 329. The lowest BCUT2D eigenvalue weighted by molar-refractivity contribution is 0.291. The van der Waals surface area contributed by atoms with Crippen LogP contribution in [0.15, 0.2) is 4.60 Å². The molecule has 5 heteroatoms. The van der Waals surface area contributed by atoms with Crippen LogP contribution in [0.2, 0.25) is 0 Å². The van der Waals surface area contributed by atoms with Gasteiger partial charge in [0.1, 0.15) is 0 Å². The van der Waals surface area contributed by atoms with Gasteiger partial charge in [-0.15, -0.1) is 5.10 Å². The second-order valence-electron chi connectivity index (χ2n) is 4.92. The maximum Gasteiger partial charge on any atom is 0.153 e. The molecule has 0 bridgehead atoms. The lowest BCUT2D eigenvalue weighted by Crippen LogP contribution is -2.32. The van der Waals surface area contributed by atoms with Crippen molar-refractivity contribution in [3.8, 4) is 0 Å². The first-order chi connectivity index (χ1) is 7.99. The molecule has 0 aliphatic carbocycles. The fraction of sp³-hybridized carbons (Fsp3) is 0.833. The topological polar surface area (TPSA) is 42.7 Å². The Morgan fingerprint density at radius 3 is 2.41 bits per heavy atom. The van der Waals surface area contributed by atoms with Crippen molar-refractivity contribution in [2.45, 2.75) is 40.2 Å². The number of nitrogens with one attached hydrogen (secondary N) is 1. The Balaban J connectivity index is 2.97. The number of nitrogens with zero attached hydrogens (tertiary/aromatic N) is 3. The van der Waals surface area contributed by atoms with Crippen molar-refractivity contribution >= 4 is 15.9 Å². The van der Waals surface area contributed by atoms with Crippen LogP contribution in [-0.4, -0.2) is 21.5 Å². The first-order valence-electron chi connectivity index (χ1n) is 6.27. The average Bonchev–Trinajstić information content (AvgIpc) is 2.60. The monoisotopic (exact) mass is 302 g/mol. The summed E-state index contributed by atoms with van der Waals surface area (Å²) in [4.78, 5) is 0. The molecule has 2 unspecified atom stereocenters. The van der Waals surface area contributed by atoms with E-state index in [-0.39, 0.29) is 0 Å². The summed E-state index contributed by atoms with van der Waals surface area (Å²) in [5.41, 5.74) is 1.14. The Morgan fingerprint density at radius 1 is 1.35 bits per heavy atom. The molecule has 0 spiro atoms. The predicted molar refractivity (Wildman–Crippen MR) is 73.7 cm³/mol. The number of hydrogen-bond acceptors (Lipinski definition) is 3. The standard InChI is InChI=1S/C12H23BrN4/c1-6-7-14-10(9(4)8(2)3)11-12(13)15-16-17(11)5/h8-10,14H,6-7H2,1-5H3. The molecular weight excluding hydrogens is 280 g/mol. The zero-order valence-corrected chi connectivity index (χ0v) is 13.0. The van der Waals surface area contributed by atoms with Crippen LogP contribution in [0.4, 0.5) is 0 Å². The van der Waals surface area contributed by atoms with Gasteiger partial charge >= 0.3 is 0 Å². The van der Waals surface area contributed by atoms with Crippen molar-refractivity contribution in [2.75, 3.05) is 6.54 Å². The van der Waals surface area contributed by atoms with E-state index < -0.39 is 0 Å². The van der Waals surface area contributed by atoms with Crippen LogP contribution in [0.1, 0.15) is 45.9 Å². The first kappa shape index (κ1) is 14.6. The van der Waals surface area contributed by atoms with Crippen LogP contribution < -0.4 is 5.32 Å². The lowest BCUT2D eigenvalue weighted by Gasteiger charge is -2.28. The highest BCUT2D eigenvalue weighted by Crippen LogP contribution is 2.30. The summed E-state index contributed by atoms with van der Waals surface area (Å²) in [6.07, 6.45) is 1.13. The summed E-state index contributed by atoms with van der Waals surface area (Å²) in [5, 5.41) is 11.7. The quantitative estimate of drug-likeness (QED) is 0.878. The van der Waals surface area contributed by atoms with Gasteiger partial charge in [0.05, 0.1) is 11.7 Å². The summed E-state index contributed by atoms with van der Waals surface area (Å²) in [5.74, 6) is 1.15. The van der Waals surface area contributed by atoms with Crippen LogP contribution in [0.5, 0.6) is 0 Å². The van der Waals surface area contributed by atoms with E-state index in [1.807, 2.05) is 11.7 Å². The molecule has 0 aliphatic rings. The minimum Gasteiger partial charge on any atom is -0.308 e. The largest absolute Gasteiger partial charge is 0.308 e. The second kappa shape index (κ2) is 6.50. The Morgan fingerprint density at radius 2 is 2.00 bits per heavy atom. The van der Waals surface area contributed by atoms with E-state index in [0.717, 1.165) is 23.3 Å². The molecule has 4 nitrogen and oxygen atoms in total. The molecule has 0 fully saturated rings. The minimum atomic E-state index is 0.296. The third-order valence-corrected chi connectivity index (χ3v) is 3.88. The van der Waals surface area contributed by atoms with Gasteiger partial charge in [-0.2, -0.15) is 0 Å². The molecule has 17 heavy (non-hydrogen) atoms. The fourth-order valence-electron chi connectivity index (χ4n) is 1.89. The van der Waals surface area contributed by atoms with Crippen LogP contribution in [0.25, 0.3) is 0 Å². The van der Waals surface area contributed by atoms with Gasteiger partial charge in [0.2, 0.25) is 0 Å². The zero-order chi connectivity index (χ0) is 13.0. The molecule has 0 radical (unpaired) electrons. The van der Waals surface area contributed by atoms with Crippen molar-refractivity contribution in [1.29, 1.82) is 0 Å². The third-order valence-electron chi connectivity index (χ3n) is 3.31. The van der Waals surface area contributed by atoms with Gasteiger partial charge in [-0.3, -0.25) is 0 Å². The Hall–Kier alpha value is -0.420. The van der Waals surface area contributed by atoms with E-state index in [4.69, 9.17) is 0 Å². The highest BCUT2D eigenvalue weighted by molar-refractivity contribution is 9.10. The molecule has 1 heterocycles. The van der Waals surface area contributed by atoms with E-state index in [0.29, 0.717) is 17.9 Å². The van der Waals surface area contributed by atoms with E-state index in [1.165, 1.54) is 0 Å². The van der Waals surface area contributed by atoms with Gasteiger partial charge in [-0.25, -0.2) is 4.68 Å². The number of halogens is 1. The predicted octanol–water partition coefficient (Wildman–Crippen LogP) is 2.91. The molecule has 2 atom stereocenters. The normalized spacial score (nSPS) is 15.2. The van der Waals surface area contributed by atoms with Crippen molar-refractivity contribution in [3.63, 3.8) is 0 Å². The molecule has 1 rings (SSSR count). The minimum absolute atomic E-state index is 0.296. The Kier molecular flexibility index (Phi) is 5.59. The molecule has 0 saturated heterocycles. The van der Waals surface area contributed by atoms with Gasteiger partial charge in [-0.05, 0) is 40.7 Å². The molecular formula is C12H23BrN4. The molecule has 1 aromatic heterocycles. The van der Waals surface area contributed by atoms with Crippen molar-refractivity contribution in [1.82, 2.24) is 20.3 Å². The maximum absolute atomic E-state index is 4.08. The average molecular weight is 303 g/mol. The van der Waals surface area contributed by atoms with Crippen molar-refractivity contribution in [2.24, 2.45) is 18.9 Å². The maximum atomic E-state index is 4.08. The fourth-order valence-corrected chi connectivity index (χ4v) is 2.46. The lowest BCUT2D eigenvalue weighted by atomic mass is 9.88. The van der Waals surface area contributed by atoms with E-state index in [1.54, 1.807) is 0 Å². The van der Waals surface area contributed by atoms with Gasteiger partial charge in [0, 0.05) is 7.05 Å². The molecule has 98 valence electrons. The highest BCUT2D eigenvalue weighted by Gasteiger charge is 2.26. The van der Waals surface area contributed by atoms with Crippen LogP contribution in [-0.2, 0) is 7.05 Å². The summed E-state index contributed by atoms with van der Waals surface area (Å²) in [6, 6.07) is 0.296. The second-order valence-corrected chi connectivity index (χ2v) is 5.68. The van der Waals surface area contributed by atoms with Crippen molar-refractivity contribution < 1.29 is 0 Å². The van der Waals surface area contributed by atoms with Gasteiger partial charge in [-0.1, -0.05) is 32.9 Å². The summed E-state index contributed by atoms with van der Waals surface area (Å²) in [7, 11) is 1.95. The van der Waals surface area contributed by atoms with E-state index in [9.17, 15) is 0 Å². The first-order valence-corrected chi connectivity index (χ1v) is 7.06. The van der Waals surface area contributed by atoms with Crippen molar-refractivity contribution in [3.05, 3.63) is 10.3 Å². The molecule has 1 aromatic rings. The smallest absolute Gasteiger partial charge is 0.153 e. The molecule has 0 aliphatic heterocycles. The number of hydrogen-bond donors (Lipinski definition) is 1. The molecule has 0 aromatic carbocycles. The SMILES string of the molecule is CCCNC(c1c(Br)nnn1C)C(C)C(C)C. The van der Waals surface area contributed by atoms with E-state index in [2.05, 4.69) is 59.3 Å². The number of aromatic nitrogens is 3. The third kappa shape index (κ3) is 3.52. The number of rotatable bonds is 6. The summed E-state index contributed by atoms with van der Waals surface area (Å²) < 4.78 is 2.71. The number of aryl methyl sites for hydroxylation is 1.